The number of rotatable bonds is 4. The molecular weight excluding hydrogens is 310 g/mol. The minimum absolute atomic E-state index is 0.470. The highest BCUT2D eigenvalue weighted by atomic mass is 32.2. The molecule has 3 aliphatic rings. The molecule has 0 aromatic heterocycles. The van der Waals surface area contributed by atoms with Crippen LogP contribution >= 0.6 is 0 Å². The second-order valence-electron chi connectivity index (χ2n) is 6.73. The van der Waals surface area contributed by atoms with E-state index in [-0.39, 0.29) is 0 Å². The Morgan fingerprint density at radius 3 is 2.83 bits per heavy atom. The van der Waals surface area contributed by atoms with Crippen molar-refractivity contribution in [3.8, 4) is 0 Å². The third kappa shape index (κ3) is 3.03. The topological polar surface area (TPSA) is 55.8 Å². The Hall–Kier alpha value is -1.37. The summed E-state index contributed by atoms with van der Waals surface area (Å²) in [7, 11) is 0. The minimum Gasteiger partial charge on any atom is -0.371 e. The summed E-state index contributed by atoms with van der Waals surface area (Å²) in [6, 6.07) is 7.97. The summed E-state index contributed by atoms with van der Waals surface area (Å²) in [6.45, 7) is 4.45. The van der Waals surface area contributed by atoms with Gasteiger partial charge in [-0.1, -0.05) is 6.07 Å². The molecule has 2 atom stereocenters. The highest BCUT2D eigenvalue weighted by Gasteiger charge is 2.37. The van der Waals surface area contributed by atoms with Gasteiger partial charge in [0.05, 0.1) is 10.9 Å². The van der Waals surface area contributed by atoms with Crippen LogP contribution in [0.25, 0.3) is 0 Å². The van der Waals surface area contributed by atoms with Crippen LogP contribution in [-0.2, 0) is 11.1 Å². The zero-order chi connectivity index (χ0) is 15.8. The number of nitrogens with zero attached hydrogens (tertiary/aromatic N) is 2. The monoisotopic (exact) mass is 333 g/mol. The van der Waals surface area contributed by atoms with Gasteiger partial charge in [0.25, 0.3) is 0 Å². The van der Waals surface area contributed by atoms with Crippen LogP contribution in [0.5, 0.6) is 0 Å². The van der Waals surface area contributed by atoms with Crippen molar-refractivity contribution in [3.63, 3.8) is 0 Å². The predicted octanol–water partition coefficient (Wildman–Crippen LogP) is 2.00. The lowest BCUT2D eigenvalue weighted by atomic mass is 9.97. The molecule has 5 nitrogen and oxygen atoms in total. The Balaban J connectivity index is 1.47. The average Bonchev–Trinajstić information content (AvgIpc) is 3.16. The van der Waals surface area contributed by atoms with E-state index in [4.69, 9.17) is 0 Å². The van der Waals surface area contributed by atoms with Crippen molar-refractivity contribution in [2.75, 3.05) is 31.1 Å². The first kappa shape index (κ1) is 15.2. The minimum atomic E-state index is -1.92. The van der Waals surface area contributed by atoms with Gasteiger partial charge in [0.2, 0.25) is 0 Å². The lowest BCUT2D eigenvalue weighted by molar-refractivity contribution is 0.229. The summed E-state index contributed by atoms with van der Waals surface area (Å²) in [6.07, 6.45) is 5.96. The maximum Gasteiger partial charge on any atom is 0.186 e. The first-order valence-electron chi connectivity index (χ1n) is 8.36. The molecule has 2 unspecified atom stereocenters. The van der Waals surface area contributed by atoms with Crippen molar-refractivity contribution >= 4 is 16.8 Å². The third-order valence-electron chi connectivity index (χ3n) is 5.23. The maximum absolute atomic E-state index is 11.3. The fraction of sp³-hybridized carbons (Fsp3) is 0.529. The van der Waals surface area contributed by atoms with E-state index < -0.39 is 11.1 Å². The Labute approximate surface area is 139 Å². The van der Waals surface area contributed by atoms with Gasteiger partial charge in [-0.25, -0.2) is 4.21 Å². The van der Waals surface area contributed by atoms with E-state index in [0.29, 0.717) is 10.9 Å². The van der Waals surface area contributed by atoms with Gasteiger partial charge in [-0.15, -0.1) is 0 Å². The molecule has 0 radical (unpaired) electrons. The Morgan fingerprint density at radius 1 is 1.30 bits per heavy atom. The van der Waals surface area contributed by atoms with E-state index in [9.17, 15) is 8.76 Å². The zero-order valence-electron chi connectivity index (χ0n) is 13.1. The number of piperidine rings is 1. The zero-order valence-corrected chi connectivity index (χ0v) is 14.0. The number of nitrogens with one attached hydrogen (secondary N) is 1. The summed E-state index contributed by atoms with van der Waals surface area (Å²) in [5.74, 6) is 0.807. The molecular formula is C17H23N3O2S. The molecule has 0 aliphatic carbocycles. The number of fused-ring (bicyclic) bond motifs is 2. The maximum atomic E-state index is 11.3. The van der Waals surface area contributed by atoms with Crippen LogP contribution in [-0.4, -0.2) is 45.9 Å². The van der Waals surface area contributed by atoms with Crippen molar-refractivity contribution in [2.24, 2.45) is 5.92 Å². The van der Waals surface area contributed by atoms with Crippen LogP contribution in [0, 0.1) is 5.92 Å². The van der Waals surface area contributed by atoms with Crippen molar-refractivity contribution in [1.29, 1.82) is 0 Å². The first-order valence-corrected chi connectivity index (χ1v) is 9.47. The molecule has 3 heterocycles. The van der Waals surface area contributed by atoms with Crippen LogP contribution < -0.4 is 10.2 Å². The predicted molar refractivity (Wildman–Crippen MR) is 91.6 cm³/mol. The molecule has 2 N–H and O–H groups in total. The molecule has 2 saturated heterocycles. The molecule has 124 valence electrons. The molecule has 0 saturated carbocycles. The van der Waals surface area contributed by atoms with E-state index in [2.05, 4.69) is 21.3 Å². The second-order valence-corrected chi connectivity index (χ2v) is 7.70. The highest BCUT2D eigenvalue weighted by molar-refractivity contribution is 7.79. The summed E-state index contributed by atoms with van der Waals surface area (Å²) >= 11 is -1.92. The molecule has 23 heavy (non-hydrogen) atoms. The van der Waals surface area contributed by atoms with Crippen molar-refractivity contribution in [2.45, 2.75) is 30.2 Å². The highest BCUT2D eigenvalue weighted by Crippen LogP contribution is 2.37. The number of anilines is 1. The van der Waals surface area contributed by atoms with Gasteiger partial charge in [-0.3, -0.25) is 0 Å². The largest absolute Gasteiger partial charge is 0.371 e. The Bertz CT molecular complexity index is 642. The molecule has 1 aromatic carbocycles. The van der Waals surface area contributed by atoms with Gasteiger partial charge >= 0.3 is 0 Å². The fourth-order valence-corrected chi connectivity index (χ4v) is 4.40. The number of hydrogen-bond acceptors (Lipinski definition) is 4. The molecule has 0 spiro atoms. The van der Waals surface area contributed by atoms with E-state index in [0.717, 1.165) is 37.7 Å². The van der Waals surface area contributed by atoms with Gasteiger partial charge in [-0.2, -0.15) is 0 Å². The SMILES string of the molecule is O=S(O)c1cccc(N2CC3CC2=CN3CC2CCNCC2)c1. The van der Waals surface area contributed by atoms with Gasteiger partial charge < -0.3 is 19.7 Å². The van der Waals surface area contributed by atoms with Crippen LogP contribution in [0.1, 0.15) is 19.3 Å². The number of hydrogen-bond donors (Lipinski definition) is 2. The first-order chi connectivity index (χ1) is 11.2. The summed E-state index contributed by atoms with van der Waals surface area (Å²) in [4.78, 5) is 5.29. The molecule has 1 aromatic rings. The van der Waals surface area contributed by atoms with Crippen molar-refractivity contribution in [1.82, 2.24) is 10.2 Å². The summed E-state index contributed by atoms with van der Waals surface area (Å²) in [5.41, 5.74) is 2.37. The molecule has 4 rings (SSSR count). The quantitative estimate of drug-likeness (QED) is 0.826. The van der Waals surface area contributed by atoms with Gasteiger partial charge in [0.1, 0.15) is 0 Å². The van der Waals surface area contributed by atoms with Crippen LogP contribution in [0.2, 0.25) is 0 Å². The van der Waals surface area contributed by atoms with E-state index >= 15 is 0 Å². The molecule has 3 aliphatic heterocycles. The van der Waals surface area contributed by atoms with E-state index in [1.54, 1.807) is 6.07 Å². The fourth-order valence-electron chi connectivity index (χ4n) is 3.98. The van der Waals surface area contributed by atoms with Crippen LogP contribution in [0.3, 0.4) is 0 Å². The van der Waals surface area contributed by atoms with Crippen LogP contribution in [0.15, 0.2) is 41.1 Å². The molecule has 0 amide bonds. The molecule has 6 heteroatoms. The van der Waals surface area contributed by atoms with E-state index in [1.807, 2.05) is 18.2 Å². The van der Waals surface area contributed by atoms with E-state index in [1.165, 1.54) is 25.1 Å². The van der Waals surface area contributed by atoms with Gasteiger partial charge in [0.15, 0.2) is 11.1 Å². The van der Waals surface area contributed by atoms with Gasteiger partial charge in [-0.05, 0) is 50.0 Å². The standard InChI is InChI=1S/C17H23N3O2S/c21-23(22)17-3-1-2-14(9-17)20-12-15-8-16(20)11-19(15)10-13-4-6-18-7-5-13/h1-3,9,11,13,15,18H,4-8,10,12H2,(H,21,22). The van der Waals surface area contributed by atoms with Crippen LogP contribution in [0.4, 0.5) is 5.69 Å². The molecule has 2 bridgehead atoms. The Morgan fingerprint density at radius 2 is 2.13 bits per heavy atom. The normalized spacial score (nSPS) is 25.8. The molecule has 2 fully saturated rings. The lowest BCUT2D eigenvalue weighted by Gasteiger charge is -2.34. The Kier molecular flexibility index (Phi) is 4.13. The van der Waals surface area contributed by atoms with Gasteiger partial charge in [0, 0.05) is 37.1 Å². The smallest absolute Gasteiger partial charge is 0.186 e. The second kappa shape index (κ2) is 6.26. The lowest BCUT2D eigenvalue weighted by Crippen LogP contribution is -2.41. The van der Waals surface area contributed by atoms with Crippen molar-refractivity contribution in [3.05, 3.63) is 36.2 Å². The summed E-state index contributed by atoms with van der Waals surface area (Å²) < 4.78 is 20.5. The average molecular weight is 333 g/mol. The van der Waals surface area contributed by atoms with Crippen molar-refractivity contribution < 1.29 is 8.76 Å². The third-order valence-corrected chi connectivity index (χ3v) is 5.88. The summed E-state index contributed by atoms with van der Waals surface area (Å²) in [5, 5.41) is 3.43. The number of benzene rings is 1.